The molecule has 0 bridgehead atoms. The number of carbonyl (C=O) groups is 1. The van der Waals surface area contributed by atoms with Crippen LogP contribution in [0.1, 0.15) is 10.4 Å². The molecule has 0 fully saturated rings. The van der Waals surface area contributed by atoms with Gasteiger partial charge in [-0.05, 0) is 24.3 Å². The van der Waals surface area contributed by atoms with Crippen molar-refractivity contribution >= 4 is 28.9 Å². The molecule has 0 aromatic heterocycles. The van der Waals surface area contributed by atoms with Crippen molar-refractivity contribution in [2.24, 2.45) is 0 Å². The molecule has 1 N–H and O–H groups in total. The van der Waals surface area contributed by atoms with Crippen molar-refractivity contribution < 1.29 is 18.8 Å². The minimum atomic E-state index is -0.694. The van der Waals surface area contributed by atoms with Crippen LogP contribution in [0.3, 0.4) is 0 Å². The van der Waals surface area contributed by atoms with E-state index < -0.39 is 16.6 Å². The Labute approximate surface area is 129 Å². The Kier molecular flexibility index (Phi) is 4.57. The van der Waals surface area contributed by atoms with Crippen LogP contribution in [0.4, 0.5) is 15.8 Å². The summed E-state index contributed by atoms with van der Waals surface area (Å²) in [4.78, 5) is 22.2. The lowest BCUT2D eigenvalue weighted by Gasteiger charge is -2.08. The van der Waals surface area contributed by atoms with Crippen LogP contribution in [0.5, 0.6) is 5.75 Å². The third-order valence-corrected chi connectivity index (χ3v) is 3.15. The number of hydrogen-bond acceptors (Lipinski definition) is 4. The van der Waals surface area contributed by atoms with Gasteiger partial charge in [-0.2, -0.15) is 0 Å². The standard InChI is InChI=1S/C14H10ClFN2O4/c1-22-13-5-2-8(6-11(13)16)14(19)17-12-7-9(18(20)21)3-4-10(12)15/h2-7H,1H3,(H,17,19). The van der Waals surface area contributed by atoms with E-state index in [1.807, 2.05) is 0 Å². The summed E-state index contributed by atoms with van der Waals surface area (Å²) < 4.78 is 18.3. The average molecular weight is 325 g/mol. The number of rotatable bonds is 4. The highest BCUT2D eigenvalue weighted by molar-refractivity contribution is 6.34. The number of non-ortho nitro benzene ring substituents is 1. The van der Waals surface area contributed by atoms with Crippen molar-refractivity contribution in [1.29, 1.82) is 0 Å². The van der Waals surface area contributed by atoms with Crippen LogP contribution >= 0.6 is 11.6 Å². The molecule has 0 aliphatic heterocycles. The Bertz CT molecular complexity index is 752. The van der Waals surface area contributed by atoms with Gasteiger partial charge in [-0.3, -0.25) is 14.9 Å². The van der Waals surface area contributed by atoms with E-state index in [1.165, 1.54) is 31.4 Å². The van der Waals surface area contributed by atoms with Crippen molar-refractivity contribution in [2.45, 2.75) is 0 Å². The van der Waals surface area contributed by atoms with Crippen molar-refractivity contribution in [3.63, 3.8) is 0 Å². The molecule has 0 spiro atoms. The Balaban J connectivity index is 2.27. The zero-order valence-corrected chi connectivity index (χ0v) is 12.1. The number of nitro benzene ring substituents is 1. The van der Waals surface area contributed by atoms with Crippen LogP contribution < -0.4 is 10.1 Å². The predicted molar refractivity (Wildman–Crippen MR) is 79.0 cm³/mol. The highest BCUT2D eigenvalue weighted by Crippen LogP contribution is 2.27. The van der Waals surface area contributed by atoms with Gasteiger partial charge in [0.05, 0.1) is 22.7 Å². The SMILES string of the molecule is COc1ccc(C(=O)Nc2cc([N+](=O)[O-])ccc2Cl)cc1F. The van der Waals surface area contributed by atoms with Gasteiger partial charge in [0.1, 0.15) is 0 Å². The molecular weight excluding hydrogens is 315 g/mol. The van der Waals surface area contributed by atoms with Gasteiger partial charge in [0, 0.05) is 17.7 Å². The molecule has 114 valence electrons. The summed E-state index contributed by atoms with van der Waals surface area (Å²) in [5, 5.41) is 13.3. The summed E-state index contributed by atoms with van der Waals surface area (Å²) in [5.41, 5.74) is -0.126. The van der Waals surface area contributed by atoms with Gasteiger partial charge in [0.15, 0.2) is 11.6 Å². The van der Waals surface area contributed by atoms with Crippen LogP contribution in [-0.2, 0) is 0 Å². The lowest BCUT2D eigenvalue weighted by Crippen LogP contribution is -2.12. The van der Waals surface area contributed by atoms with Gasteiger partial charge in [0.2, 0.25) is 0 Å². The van der Waals surface area contributed by atoms with Gasteiger partial charge in [-0.1, -0.05) is 11.6 Å². The summed E-state index contributed by atoms with van der Waals surface area (Å²) in [6.45, 7) is 0. The van der Waals surface area contributed by atoms with Crippen LogP contribution in [0, 0.1) is 15.9 Å². The fourth-order valence-electron chi connectivity index (χ4n) is 1.72. The van der Waals surface area contributed by atoms with Gasteiger partial charge in [-0.25, -0.2) is 4.39 Å². The lowest BCUT2D eigenvalue weighted by atomic mass is 10.2. The number of benzene rings is 2. The zero-order chi connectivity index (χ0) is 16.3. The number of anilines is 1. The normalized spacial score (nSPS) is 10.1. The molecule has 8 heteroatoms. The largest absolute Gasteiger partial charge is 0.494 e. The molecule has 0 unspecified atom stereocenters. The summed E-state index contributed by atoms with van der Waals surface area (Å²) in [6.07, 6.45) is 0. The molecule has 0 heterocycles. The Hall–Kier alpha value is -2.67. The number of hydrogen-bond donors (Lipinski definition) is 1. The van der Waals surface area contributed by atoms with Crippen LogP contribution in [0.15, 0.2) is 36.4 Å². The third-order valence-electron chi connectivity index (χ3n) is 2.82. The van der Waals surface area contributed by atoms with Crippen LogP contribution in [-0.4, -0.2) is 17.9 Å². The quantitative estimate of drug-likeness (QED) is 0.687. The maximum atomic E-state index is 13.6. The van der Waals surface area contributed by atoms with E-state index in [9.17, 15) is 19.3 Å². The first-order chi connectivity index (χ1) is 10.4. The molecule has 2 rings (SSSR count). The number of methoxy groups -OCH3 is 1. The first-order valence-corrected chi connectivity index (χ1v) is 6.39. The first-order valence-electron chi connectivity index (χ1n) is 6.01. The molecule has 0 saturated heterocycles. The molecule has 22 heavy (non-hydrogen) atoms. The summed E-state index contributed by atoms with van der Waals surface area (Å²) in [7, 11) is 1.31. The number of nitrogens with one attached hydrogen (secondary N) is 1. The number of amides is 1. The summed E-state index contributed by atoms with van der Waals surface area (Å²) in [5.74, 6) is -1.34. The van der Waals surface area contributed by atoms with Gasteiger partial charge in [0.25, 0.3) is 11.6 Å². The second-order valence-electron chi connectivity index (χ2n) is 4.22. The van der Waals surface area contributed by atoms with E-state index in [-0.39, 0.29) is 27.7 Å². The molecular formula is C14H10ClFN2O4. The highest BCUT2D eigenvalue weighted by Gasteiger charge is 2.14. The smallest absolute Gasteiger partial charge is 0.271 e. The molecule has 0 aliphatic rings. The van der Waals surface area contributed by atoms with E-state index in [2.05, 4.69) is 5.32 Å². The molecule has 0 atom stereocenters. The third kappa shape index (κ3) is 3.32. The Morgan fingerprint density at radius 3 is 2.64 bits per heavy atom. The average Bonchev–Trinajstić information content (AvgIpc) is 2.49. The number of nitro groups is 1. The van der Waals surface area contributed by atoms with Crippen molar-refractivity contribution in [3.8, 4) is 5.75 Å². The van der Waals surface area contributed by atoms with E-state index in [4.69, 9.17) is 16.3 Å². The van der Waals surface area contributed by atoms with E-state index in [1.54, 1.807) is 0 Å². The number of ether oxygens (including phenoxy) is 1. The van der Waals surface area contributed by atoms with E-state index >= 15 is 0 Å². The minimum Gasteiger partial charge on any atom is -0.494 e. The molecule has 6 nitrogen and oxygen atoms in total. The maximum absolute atomic E-state index is 13.6. The van der Waals surface area contributed by atoms with E-state index in [0.717, 1.165) is 12.1 Å². The molecule has 1 amide bonds. The molecule has 0 aliphatic carbocycles. The second-order valence-corrected chi connectivity index (χ2v) is 4.63. The van der Waals surface area contributed by atoms with Crippen molar-refractivity contribution in [3.05, 3.63) is 62.9 Å². The van der Waals surface area contributed by atoms with Gasteiger partial charge >= 0.3 is 0 Å². The van der Waals surface area contributed by atoms with Crippen LogP contribution in [0.25, 0.3) is 0 Å². The monoisotopic (exact) mass is 324 g/mol. The summed E-state index contributed by atoms with van der Waals surface area (Å²) in [6, 6.07) is 7.30. The van der Waals surface area contributed by atoms with Crippen LogP contribution in [0.2, 0.25) is 5.02 Å². The summed E-state index contributed by atoms with van der Waals surface area (Å²) >= 11 is 5.88. The maximum Gasteiger partial charge on any atom is 0.271 e. The Morgan fingerprint density at radius 2 is 2.05 bits per heavy atom. The van der Waals surface area contributed by atoms with Gasteiger partial charge < -0.3 is 10.1 Å². The number of nitrogens with zero attached hydrogens (tertiary/aromatic N) is 1. The molecule has 2 aromatic carbocycles. The molecule has 0 radical (unpaired) electrons. The van der Waals surface area contributed by atoms with Crippen molar-refractivity contribution in [2.75, 3.05) is 12.4 Å². The van der Waals surface area contributed by atoms with Gasteiger partial charge in [-0.15, -0.1) is 0 Å². The van der Waals surface area contributed by atoms with Crippen molar-refractivity contribution in [1.82, 2.24) is 0 Å². The zero-order valence-electron chi connectivity index (χ0n) is 11.3. The fourth-order valence-corrected chi connectivity index (χ4v) is 1.89. The minimum absolute atomic E-state index is 0.00457. The highest BCUT2D eigenvalue weighted by atomic mass is 35.5. The predicted octanol–water partition coefficient (Wildman–Crippen LogP) is 3.65. The Morgan fingerprint density at radius 1 is 1.32 bits per heavy atom. The molecule has 2 aromatic rings. The molecule has 0 saturated carbocycles. The fraction of sp³-hybridized carbons (Fsp3) is 0.0714. The van der Waals surface area contributed by atoms with E-state index in [0.29, 0.717) is 0 Å². The lowest BCUT2D eigenvalue weighted by molar-refractivity contribution is -0.384. The second kappa shape index (κ2) is 6.40. The topological polar surface area (TPSA) is 81.5 Å². The first kappa shape index (κ1) is 15.7. The number of halogens is 2. The number of carbonyl (C=O) groups excluding carboxylic acids is 1.